The van der Waals surface area contributed by atoms with Crippen LogP contribution in [0.4, 0.5) is 26.3 Å². The summed E-state index contributed by atoms with van der Waals surface area (Å²) in [6, 6.07) is 7.15. The summed E-state index contributed by atoms with van der Waals surface area (Å²) in [6.07, 6.45) is 1.46. The molecule has 0 aliphatic heterocycles. The summed E-state index contributed by atoms with van der Waals surface area (Å²) >= 11 is 0. The normalized spacial score (nSPS) is 14.0. The quantitative estimate of drug-likeness (QED) is 0.354. The summed E-state index contributed by atoms with van der Waals surface area (Å²) in [6.45, 7) is 3.51. The van der Waals surface area contributed by atoms with Crippen LogP contribution in [0.15, 0.2) is 43.0 Å². The number of benzene rings is 2. The van der Waals surface area contributed by atoms with E-state index in [1.807, 2.05) is 0 Å². The fraction of sp³-hybridized carbons (Fsp3) is 0.200. The summed E-state index contributed by atoms with van der Waals surface area (Å²) in [5, 5.41) is -13.1. The van der Waals surface area contributed by atoms with Crippen molar-refractivity contribution >= 4 is 37.1 Å². The number of halogens is 6. The van der Waals surface area contributed by atoms with E-state index in [1.165, 1.54) is 18.2 Å². The van der Waals surface area contributed by atoms with Crippen molar-refractivity contribution in [2.24, 2.45) is 0 Å². The molecule has 0 aliphatic carbocycles. The molecule has 6 nitrogen and oxygen atoms in total. The Hall–Kier alpha value is -2.32. The van der Waals surface area contributed by atoms with E-state index >= 15 is 0 Å². The number of hydrogen-bond acceptors (Lipinski definition) is 6. The molecule has 2 aromatic rings. The summed E-state index contributed by atoms with van der Waals surface area (Å²) < 4.78 is 138. The number of hydrogen-bond donors (Lipinski definition) is 0. The van der Waals surface area contributed by atoms with Crippen LogP contribution in [0.5, 0.6) is 5.75 Å². The molecule has 14 heteroatoms. The summed E-state index contributed by atoms with van der Waals surface area (Å²) in [7, 11) is -14.2. The van der Waals surface area contributed by atoms with E-state index in [-0.39, 0.29) is 5.39 Å². The molecule has 0 radical (unpaired) electrons. The Morgan fingerprint density at radius 3 is 1.90 bits per heavy atom. The van der Waals surface area contributed by atoms with E-state index in [0.29, 0.717) is 10.9 Å². The third-order valence-electron chi connectivity index (χ3n) is 3.64. The molecule has 0 amide bonds. The molecule has 0 aliphatic rings. The summed E-state index contributed by atoms with van der Waals surface area (Å²) in [4.78, 5) is 0. The lowest BCUT2D eigenvalue weighted by Crippen LogP contribution is -2.61. The maximum atomic E-state index is 13.7. The van der Waals surface area contributed by atoms with Crippen LogP contribution in [0.1, 0.15) is 5.56 Å². The van der Waals surface area contributed by atoms with Crippen LogP contribution in [0.3, 0.4) is 0 Å². The molecule has 0 bridgehead atoms. The van der Waals surface area contributed by atoms with Crippen LogP contribution < -0.4 is 4.18 Å². The molecule has 29 heavy (non-hydrogen) atoms. The van der Waals surface area contributed by atoms with Crippen LogP contribution in [-0.4, -0.2) is 37.8 Å². The zero-order valence-electron chi connectivity index (χ0n) is 13.8. The lowest BCUT2D eigenvalue weighted by molar-refractivity contribution is -0.247. The topological polar surface area (TPSA) is 101 Å². The Morgan fingerprint density at radius 1 is 0.862 bits per heavy atom. The van der Waals surface area contributed by atoms with Gasteiger partial charge in [0.2, 0.25) is 0 Å². The van der Waals surface area contributed by atoms with Gasteiger partial charge in [-0.3, -0.25) is 0 Å². The maximum Gasteiger partial charge on any atom is 0.450 e. The van der Waals surface area contributed by atoms with Crippen molar-refractivity contribution in [3.8, 4) is 5.75 Å². The minimum Gasteiger partial charge on any atom is -0.743 e. The number of fused-ring (bicyclic) bond motifs is 1. The minimum absolute atomic E-state index is 0.200. The second-order valence-corrected chi connectivity index (χ2v) is 8.58. The van der Waals surface area contributed by atoms with Gasteiger partial charge in [0.15, 0.2) is 10.1 Å². The van der Waals surface area contributed by atoms with Crippen molar-refractivity contribution in [1.82, 2.24) is 0 Å². The van der Waals surface area contributed by atoms with Crippen LogP contribution in [0, 0.1) is 0 Å². The molecule has 0 spiro atoms. The summed E-state index contributed by atoms with van der Waals surface area (Å²) in [5.41, 5.74) is 0.631. The van der Waals surface area contributed by atoms with Gasteiger partial charge in [-0.2, -0.15) is 34.8 Å². The van der Waals surface area contributed by atoms with E-state index in [1.54, 1.807) is 6.07 Å². The number of rotatable bonds is 7. The Morgan fingerprint density at radius 2 is 1.38 bits per heavy atom. The van der Waals surface area contributed by atoms with Gasteiger partial charge in [-0.05, 0) is 34.5 Å². The first-order valence-corrected chi connectivity index (χ1v) is 9.99. The average Bonchev–Trinajstić information content (AvgIpc) is 2.59. The van der Waals surface area contributed by atoms with Crippen molar-refractivity contribution in [1.29, 1.82) is 0 Å². The third-order valence-corrected chi connectivity index (χ3v) is 5.82. The smallest absolute Gasteiger partial charge is 0.450 e. The molecule has 2 rings (SSSR count). The molecule has 0 unspecified atom stereocenters. The van der Waals surface area contributed by atoms with E-state index in [2.05, 4.69) is 10.8 Å². The summed E-state index contributed by atoms with van der Waals surface area (Å²) in [5.74, 6) is -8.08. The van der Waals surface area contributed by atoms with E-state index in [4.69, 9.17) is 0 Å². The molecule has 0 atom stereocenters. The Bertz CT molecular complexity index is 1180. The average molecular weight is 463 g/mol. The van der Waals surface area contributed by atoms with E-state index in [0.717, 1.165) is 18.2 Å². The molecular formula is C15H9F6O6S2-. The number of alkyl halides is 6. The molecule has 0 aromatic heterocycles. The molecule has 0 heterocycles. The fourth-order valence-electron chi connectivity index (χ4n) is 2.08. The van der Waals surface area contributed by atoms with Crippen LogP contribution in [0.25, 0.3) is 16.8 Å². The molecule has 0 saturated carbocycles. The second kappa shape index (κ2) is 6.88. The Balaban J connectivity index is 2.48. The zero-order valence-corrected chi connectivity index (χ0v) is 15.4. The largest absolute Gasteiger partial charge is 0.743 e. The van der Waals surface area contributed by atoms with Gasteiger partial charge in [-0.15, -0.1) is 0 Å². The first kappa shape index (κ1) is 23.0. The molecule has 0 saturated heterocycles. The third kappa shape index (κ3) is 3.67. The highest BCUT2D eigenvalue weighted by Crippen LogP contribution is 2.50. The van der Waals surface area contributed by atoms with Crippen molar-refractivity contribution in [3.63, 3.8) is 0 Å². The molecular weight excluding hydrogens is 454 g/mol. The van der Waals surface area contributed by atoms with Crippen LogP contribution in [-0.2, 0) is 20.2 Å². The standard InChI is InChI=1S/C15H10F6O6S2/c1-2-9-3-4-11-8-12(6-5-10(11)7-9)27-29(25,26)15(20,21)13(16,17)14(18,19)28(22,23)24/h2-8H,1H2,(H,22,23,24)/p-1. The first-order valence-electron chi connectivity index (χ1n) is 7.17. The van der Waals surface area contributed by atoms with Gasteiger partial charge in [0.05, 0.1) is 0 Å². The van der Waals surface area contributed by atoms with Gasteiger partial charge >= 0.3 is 26.5 Å². The van der Waals surface area contributed by atoms with Gasteiger partial charge in [0.1, 0.15) is 5.75 Å². The predicted molar refractivity (Wildman–Crippen MR) is 88.1 cm³/mol. The molecule has 160 valence electrons. The van der Waals surface area contributed by atoms with Crippen molar-refractivity contribution in [3.05, 3.63) is 48.5 Å². The van der Waals surface area contributed by atoms with Gasteiger partial charge in [-0.1, -0.05) is 30.9 Å². The van der Waals surface area contributed by atoms with Gasteiger partial charge in [0, 0.05) is 0 Å². The monoisotopic (exact) mass is 463 g/mol. The van der Waals surface area contributed by atoms with Gasteiger partial charge < -0.3 is 8.74 Å². The zero-order chi connectivity index (χ0) is 22.5. The molecule has 0 N–H and O–H groups in total. The van der Waals surface area contributed by atoms with Crippen LogP contribution >= 0.6 is 0 Å². The van der Waals surface area contributed by atoms with Gasteiger partial charge in [-0.25, -0.2) is 8.42 Å². The fourth-order valence-corrected chi connectivity index (χ4v) is 3.49. The van der Waals surface area contributed by atoms with Crippen molar-refractivity contribution in [2.75, 3.05) is 0 Å². The first-order chi connectivity index (χ1) is 13.0. The lowest BCUT2D eigenvalue weighted by Gasteiger charge is -2.32. The lowest BCUT2D eigenvalue weighted by atomic mass is 10.1. The van der Waals surface area contributed by atoms with E-state index in [9.17, 15) is 47.7 Å². The minimum atomic E-state index is -7.35. The van der Waals surface area contributed by atoms with Crippen molar-refractivity contribution < 1.29 is 51.9 Å². The van der Waals surface area contributed by atoms with E-state index < -0.39 is 42.4 Å². The van der Waals surface area contributed by atoms with Gasteiger partial charge in [0.25, 0.3) is 0 Å². The van der Waals surface area contributed by atoms with Crippen molar-refractivity contribution in [2.45, 2.75) is 16.4 Å². The molecule has 2 aromatic carbocycles. The predicted octanol–water partition coefficient (Wildman–Crippen LogP) is 3.56. The van der Waals surface area contributed by atoms with Crippen LogP contribution in [0.2, 0.25) is 0 Å². The Kier molecular flexibility index (Phi) is 5.45. The second-order valence-electron chi connectivity index (χ2n) is 5.57. The molecule has 0 fully saturated rings. The highest BCUT2D eigenvalue weighted by atomic mass is 32.2. The SMILES string of the molecule is C=Cc1ccc2cc(OS(=O)(=O)C(F)(F)C(F)(F)C(F)(F)S(=O)(=O)[O-])ccc2c1. The Labute approximate surface area is 160 Å². The maximum absolute atomic E-state index is 13.7. The highest BCUT2D eigenvalue weighted by molar-refractivity contribution is 7.88. The highest BCUT2D eigenvalue weighted by Gasteiger charge is 2.81.